The van der Waals surface area contributed by atoms with Crippen molar-refractivity contribution in [2.24, 2.45) is 5.73 Å². The minimum absolute atomic E-state index is 0.128. The number of rotatable bonds is 4. The van der Waals surface area contributed by atoms with Crippen LogP contribution in [0.3, 0.4) is 0 Å². The Morgan fingerprint density at radius 2 is 1.81 bits per heavy atom. The fourth-order valence-electron chi connectivity index (χ4n) is 2.42. The van der Waals surface area contributed by atoms with Crippen molar-refractivity contribution < 1.29 is 0 Å². The predicted molar refractivity (Wildman–Crippen MR) is 68.2 cm³/mol. The zero-order chi connectivity index (χ0) is 11.2. The van der Waals surface area contributed by atoms with Gasteiger partial charge in [-0.15, -0.1) is 0 Å². The van der Waals surface area contributed by atoms with Crippen LogP contribution in [0.5, 0.6) is 0 Å². The van der Waals surface area contributed by atoms with Gasteiger partial charge in [-0.3, -0.25) is 0 Å². The largest absolute Gasteiger partial charge is 0.323 e. The van der Waals surface area contributed by atoms with Gasteiger partial charge in [-0.05, 0) is 18.4 Å². The third kappa shape index (κ3) is 3.32. The van der Waals surface area contributed by atoms with Crippen molar-refractivity contribution in [3.05, 3.63) is 35.9 Å². The van der Waals surface area contributed by atoms with E-state index in [0.717, 1.165) is 6.54 Å². The van der Waals surface area contributed by atoms with Gasteiger partial charge in [0.1, 0.15) is 0 Å². The first kappa shape index (κ1) is 11.6. The fourth-order valence-corrected chi connectivity index (χ4v) is 2.42. The highest BCUT2D eigenvalue weighted by Crippen LogP contribution is 2.18. The van der Waals surface area contributed by atoms with Gasteiger partial charge in [-0.2, -0.15) is 0 Å². The van der Waals surface area contributed by atoms with Gasteiger partial charge in [-0.25, -0.2) is 0 Å². The lowest BCUT2D eigenvalue weighted by Gasteiger charge is -2.24. The molecule has 0 heterocycles. The first-order valence-corrected chi connectivity index (χ1v) is 6.40. The van der Waals surface area contributed by atoms with Crippen LogP contribution in [0.25, 0.3) is 0 Å². The highest BCUT2D eigenvalue weighted by atomic mass is 14.9. The molecule has 0 aliphatic heterocycles. The molecule has 3 N–H and O–H groups in total. The molecule has 0 aromatic heterocycles. The van der Waals surface area contributed by atoms with E-state index in [9.17, 15) is 0 Å². The summed E-state index contributed by atoms with van der Waals surface area (Å²) in [6.07, 6.45) is 6.79. The van der Waals surface area contributed by atoms with Gasteiger partial charge in [0.05, 0.1) is 0 Å². The zero-order valence-electron chi connectivity index (χ0n) is 9.86. The normalized spacial score (nSPS) is 19.6. The van der Waals surface area contributed by atoms with Crippen molar-refractivity contribution >= 4 is 0 Å². The van der Waals surface area contributed by atoms with E-state index in [2.05, 4.69) is 29.6 Å². The molecule has 0 radical (unpaired) electrons. The van der Waals surface area contributed by atoms with Crippen LogP contribution in [-0.4, -0.2) is 12.6 Å². The van der Waals surface area contributed by atoms with E-state index >= 15 is 0 Å². The molecule has 16 heavy (non-hydrogen) atoms. The minimum Gasteiger partial charge on any atom is -0.323 e. The average Bonchev–Trinajstić information content (AvgIpc) is 2.38. The molecule has 1 fully saturated rings. The third-order valence-corrected chi connectivity index (χ3v) is 3.46. The molecular formula is C14H22N2. The smallest absolute Gasteiger partial charge is 0.0421 e. The van der Waals surface area contributed by atoms with E-state index in [1.54, 1.807) is 0 Å². The van der Waals surface area contributed by atoms with E-state index in [0.29, 0.717) is 6.04 Å². The molecule has 2 rings (SSSR count). The molecule has 1 aromatic rings. The summed E-state index contributed by atoms with van der Waals surface area (Å²) < 4.78 is 0. The molecule has 1 atom stereocenters. The lowest BCUT2D eigenvalue weighted by Crippen LogP contribution is -2.36. The maximum absolute atomic E-state index is 6.15. The van der Waals surface area contributed by atoms with Crippen LogP contribution in [-0.2, 0) is 0 Å². The highest BCUT2D eigenvalue weighted by Gasteiger charge is 2.14. The Morgan fingerprint density at radius 3 is 2.50 bits per heavy atom. The summed E-state index contributed by atoms with van der Waals surface area (Å²) in [6.45, 7) is 0.898. The van der Waals surface area contributed by atoms with Gasteiger partial charge < -0.3 is 11.1 Å². The SMILES string of the molecule is NC(CNC1CCCCC1)c1ccccc1. The molecule has 88 valence electrons. The highest BCUT2D eigenvalue weighted by molar-refractivity contribution is 5.18. The van der Waals surface area contributed by atoms with Crippen molar-refractivity contribution in [2.45, 2.75) is 44.2 Å². The number of benzene rings is 1. The fraction of sp³-hybridized carbons (Fsp3) is 0.571. The lowest BCUT2D eigenvalue weighted by atomic mass is 9.95. The van der Waals surface area contributed by atoms with E-state index in [4.69, 9.17) is 5.73 Å². The van der Waals surface area contributed by atoms with Gasteiger partial charge >= 0.3 is 0 Å². The first-order chi connectivity index (χ1) is 7.86. The number of hydrogen-bond donors (Lipinski definition) is 2. The molecule has 1 unspecified atom stereocenters. The van der Waals surface area contributed by atoms with Crippen LogP contribution < -0.4 is 11.1 Å². The molecule has 1 saturated carbocycles. The Kier molecular flexibility index (Phi) is 4.37. The first-order valence-electron chi connectivity index (χ1n) is 6.40. The molecule has 0 bridgehead atoms. The summed E-state index contributed by atoms with van der Waals surface area (Å²) >= 11 is 0. The van der Waals surface area contributed by atoms with Crippen LogP contribution in [0.15, 0.2) is 30.3 Å². The summed E-state index contributed by atoms with van der Waals surface area (Å²) in [7, 11) is 0. The van der Waals surface area contributed by atoms with Crippen LogP contribution >= 0.6 is 0 Å². The van der Waals surface area contributed by atoms with Crippen molar-refractivity contribution in [1.29, 1.82) is 0 Å². The summed E-state index contributed by atoms with van der Waals surface area (Å²) in [4.78, 5) is 0. The monoisotopic (exact) mass is 218 g/mol. The van der Waals surface area contributed by atoms with Gasteiger partial charge in [0, 0.05) is 18.6 Å². The lowest BCUT2D eigenvalue weighted by molar-refractivity contribution is 0.366. The van der Waals surface area contributed by atoms with Gasteiger partial charge in [0.2, 0.25) is 0 Å². The molecule has 2 nitrogen and oxygen atoms in total. The van der Waals surface area contributed by atoms with Gasteiger partial charge in [0.15, 0.2) is 0 Å². The molecule has 0 saturated heterocycles. The molecule has 0 amide bonds. The summed E-state index contributed by atoms with van der Waals surface area (Å²) in [5.74, 6) is 0. The maximum atomic E-state index is 6.15. The maximum Gasteiger partial charge on any atom is 0.0421 e. The summed E-state index contributed by atoms with van der Waals surface area (Å²) in [5.41, 5.74) is 7.38. The number of nitrogens with one attached hydrogen (secondary N) is 1. The second kappa shape index (κ2) is 6.02. The summed E-state index contributed by atoms with van der Waals surface area (Å²) in [5, 5.41) is 3.59. The molecule has 2 heteroatoms. The molecule has 0 spiro atoms. The van der Waals surface area contributed by atoms with E-state index < -0.39 is 0 Å². The van der Waals surface area contributed by atoms with Crippen LogP contribution in [0.2, 0.25) is 0 Å². The molecule has 1 aliphatic carbocycles. The topological polar surface area (TPSA) is 38.0 Å². The van der Waals surface area contributed by atoms with Crippen molar-refractivity contribution in [2.75, 3.05) is 6.54 Å². The number of hydrogen-bond acceptors (Lipinski definition) is 2. The molecule has 1 aliphatic rings. The Hall–Kier alpha value is -0.860. The van der Waals surface area contributed by atoms with Crippen molar-refractivity contribution in [3.63, 3.8) is 0 Å². The Morgan fingerprint density at radius 1 is 1.12 bits per heavy atom. The zero-order valence-corrected chi connectivity index (χ0v) is 9.86. The Bertz CT molecular complexity index is 291. The standard InChI is InChI=1S/C14H22N2/c15-14(12-7-3-1-4-8-12)11-16-13-9-5-2-6-10-13/h1,3-4,7-8,13-14,16H,2,5-6,9-11,15H2. The van der Waals surface area contributed by atoms with E-state index in [-0.39, 0.29) is 6.04 Å². The van der Waals surface area contributed by atoms with Crippen molar-refractivity contribution in [3.8, 4) is 0 Å². The quantitative estimate of drug-likeness (QED) is 0.815. The summed E-state index contributed by atoms with van der Waals surface area (Å²) in [6, 6.07) is 11.2. The molecule has 1 aromatic carbocycles. The van der Waals surface area contributed by atoms with E-state index in [1.807, 2.05) is 6.07 Å². The van der Waals surface area contributed by atoms with Gasteiger partial charge in [0.25, 0.3) is 0 Å². The van der Waals surface area contributed by atoms with Crippen LogP contribution in [0.4, 0.5) is 0 Å². The van der Waals surface area contributed by atoms with Crippen molar-refractivity contribution in [1.82, 2.24) is 5.32 Å². The van der Waals surface area contributed by atoms with Crippen LogP contribution in [0.1, 0.15) is 43.7 Å². The number of nitrogens with two attached hydrogens (primary N) is 1. The van der Waals surface area contributed by atoms with E-state index in [1.165, 1.54) is 37.7 Å². The Balaban J connectivity index is 1.77. The predicted octanol–water partition coefficient (Wildman–Crippen LogP) is 2.61. The van der Waals surface area contributed by atoms with Gasteiger partial charge in [-0.1, -0.05) is 49.6 Å². The Labute approximate surface area is 98.2 Å². The average molecular weight is 218 g/mol. The second-order valence-electron chi connectivity index (χ2n) is 4.76. The molecular weight excluding hydrogens is 196 g/mol. The second-order valence-corrected chi connectivity index (χ2v) is 4.76. The minimum atomic E-state index is 0.128. The van der Waals surface area contributed by atoms with Crippen LogP contribution in [0, 0.1) is 0 Å². The third-order valence-electron chi connectivity index (χ3n) is 3.46.